The van der Waals surface area contributed by atoms with Crippen LogP contribution in [-0.2, 0) is 4.74 Å². The highest BCUT2D eigenvalue weighted by Crippen LogP contribution is 2.14. The number of rotatable bonds is 2. The van der Waals surface area contributed by atoms with E-state index in [1.807, 2.05) is 0 Å². The van der Waals surface area contributed by atoms with Gasteiger partial charge in [-0.2, -0.15) is 0 Å². The fourth-order valence-corrected chi connectivity index (χ4v) is 1.91. The molecule has 98 valence electrons. The molecule has 1 amide bonds. The zero-order valence-corrected chi connectivity index (χ0v) is 9.73. The Bertz CT molecular complexity index is 454. The Labute approximate surface area is 103 Å². The van der Waals surface area contributed by atoms with Crippen molar-refractivity contribution in [1.29, 1.82) is 0 Å². The standard InChI is InChI=1S/C12H14F2N2O2/c13-10-2-1-8(5-11(10)14)12(17)16-3-4-18-7-9(16)6-15/h1-2,5,9H,3-4,6-7,15H2. The monoisotopic (exact) mass is 256 g/mol. The van der Waals surface area contributed by atoms with Gasteiger partial charge >= 0.3 is 0 Å². The number of amides is 1. The van der Waals surface area contributed by atoms with Gasteiger partial charge in [0, 0.05) is 18.7 Å². The smallest absolute Gasteiger partial charge is 0.254 e. The first-order valence-electron chi connectivity index (χ1n) is 5.67. The second-order valence-corrected chi connectivity index (χ2v) is 4.09. The van der Waals surface area contributed by atoms with Crippen LogP contribution in [0, 0.1) is 11.6 Å². The van der Waals surface area contributed by atoms with E-state index < -0.39 is 11.6 Å². The first-order valence-corrected chi connectivity index (χ1v) is 5.67. The molecule has 1 saturated heterocycles. The predicted molar refractivity (Wildman–Crippen MR) is 61.1 cm³/mol. The van der Waals surface area contributed by atoms with Crippen molar-refractivity contribution in [3.63, 3.8) is 0 Å². The molecule has 1 atom stereocenters. The fraction of sp³-hybridized carbons (Fsp3) is 0.417. The molecule has 1 aromatic rings. The lowest BCUT2D eigenvalue weighted by Crippen LogP contribution is -2.52. The average Bonchev–Trinajstić information content (AvgIpc) is 2.41. The Morgan fingerprint density at radius 3 is 2.89 bits per heavy atom. The highest BCUT2D eigenvalue weighted by atomic mass is 19.2. The zero-order valence-electron chi connectivity index (χ0n) is 9.73. The molecule has 0 aliphatic carbocycles. The minimum Gasteiger partial charge on any atom is -0.377 e. The molecule has 1 aromatic carbocycles. The van der Waals surface area contributed by atoms with Gasteiger partial charge in [-0.05, 0) is 18.2 Å². The number of carbonyl (C=O) groups is 1. The Hall–Kier alpha value is -1.53. The van der Waals surface area contributed by atoms with Gasteiger partial charge in [-0.3, -0.25) is 4.79 Å². The fourth-order valence-electron chi connectivity index (χ4n) is 1.91. The number of hydrogen-bond acceptors (Lipinski definition) is 3. The molecule has 0 aromatic heterocycles. The van der Waals surface area contributed by atoms with Crippen LogP contribution in [0.1, 0.15) is 10.4 Å². The Morgan fingerprint density at radius 2 is 2.22 bits per heavy atom. The molecule has 2 rings (SSSR count). The number of nitrogens with two attached hydrogens (primary N) is 1. The molecule has 1 aliphatic heterocycles. The normalized spacial score (nSPS) is 19.9. The van der Waals surface area contributed by atoms with Crippen molar-refractivity contribution in [2.45, 2.75) is 6.04 Å². The molecule has 0 spiro atoms. The summed E-state index contributed by atoms with van der Waals surface area (Å²) < 4.78 is 31.1. The highest BCUT2D eigenvalue weighted by molar-refractivity contribution is 5.94. The maximum absolute atomic E-state index is 13.1. The van der Waals surface area contributed by atoms with Gasteiger partial charge in [-0.25, -0.2) is 8.78 Å². The van der Waals surface area contributed by atoms with Gasteiger partial charge in [0.25, 0.3) is 5.91 Å². The van der Waals surface area contributed by atoms with E-state index in [9.17, 15) is 13.6 Å². The number of ether oxygens (including phenoxy) is 1. The third kappa shape index (κ3) is 2.49. The van der Waals surface area contributed by atoms with Crippen LogP contribution in [0.5, 0.6) is 0 Å². The second-order valence-electron chi connectivity index (χ2n) is 4.09. The molecule has 1 heterocycles. The van der Waals surface area contributed by atoms with Crippen LogP contribution < -0.4 is 5.73 Å². The largest absolute Gasteiger partial charge is 0.377 e. The summed E-state index contributed by atoms with van der Waals surface area (Å²) in [6, 6.07) is 2.89. The molecule has 0 bridgehead atoms. The van der Waals surface area contributed by atoms with Crippen LogP contribution in [0.2, 0.25) is 0 Å². The second kappa shape index (κ2) is 5.41. The number of halogens is 2. The van der Waals surface area contributed by atoms with E-state index in [2.05, 4.69) is 0 Å². The Balaban J connectivity index is 2.21. The van der Waals surface area contributed by atoms with Gasteiger partial charge in [0.05, 0.1) is 19.3 Å². The number of nitrogens with zero attached hydrogens (tertiary/aromatic N) is 1. The number of morpholine rings is 1. The third-order valence-electron chi connectivity index (χ3n) is 2.93. The quantitative estimate of drug-likeness (QED) is 0.850. The summed E-state index contributed by atoms with van der Waals surface area (Å²) in [6.45, 7) is 1.47. The van der Waals surface area contributed by atoms with Crippen LogP contribution in [-0.4, -0.2) is 43.2 Å². The van der Waals surface area contributed by atoms with Gasteiger partial charge in [-0.1, -0.05) is 0 Å². The van der Waals surface area contributed by atoms with Crippen molar-refractivity contribution in [3.05, 3.63) is 35.4 Å². The molecule has 1 aliphatic rings. The van der Waals surface area contributed by atoms with Crippen LogP contribution in [0.3, 0.4) is 0 Å². The SMILES string of the molecule is NCC1COCCN1C(=O)c1ccc(F)c(F)c1. The molecule has 6 heteroatoms. The maximum Gasteiger partial charge on any atom is 0.254 e. The molecule has 0 saturated carbocycles. The minimum absolute atomic E-state index is 0.120. The zero-order chi connectivity index (χ0) is 13.1. The first kappa shape index (κ1) is 12.9. The lowest BCUT2D eigenvalue weighted by Gasteiger charge is -2.34. The Kier molecular flexibility index (Phi) is 3.88. The van der Waals surface area contributed by atoms with Gasteiger partial charge < -0.3 is 15.4 Å². The lowest BCUT2D eigenvalue weighted by atomic mass is 10.1. The van der Waals surface area contributed by atoms with Crippen LogP contribution in [0.15, 0.2) is 18.2 Å². The first-order chi connectivity index (χ1) is 8.63. The van der Waals surface area contributed by atoms with Crippen LogP contribution >= 0.6 is 0 Å². The van der Waals surface area contributed by atoms with E-state index in [-0.39, 0.29) is 24.1 Å². The van der Waals surface area contributed by atoms with Crippen molar-refractivity contribution < 1.29 is 18.3 Å². The van der Waals surface area contributed by atoms with Crippen molar-refractivity contribution in [3.8, 4) is 0 Å². The van der Waals surface area contributed by atoms with Crippen molar-refractivity contribution in [2.24, 2.45) is 5.73 Å². The Morgan fingerprint density at radius 1 is 1.44 bits per heavy atom. The maximum atomic E-state index is 13.1. The van der Waals surface area contributed by atoms with E-state index in [0.717, 1.165) is 12.1 Å². The summed E-state index contributed by atoms with van der Waals surface area (Å²) in [5.41, 5.74) is 5.68. The molecule has 4 nitrogen and oxygen atoms in total. The summed E-state index contributed by atoms with van der Waals surface area (Å²) in [5.74, 6) is -2.35. The molecule has 1 unspecified atom stereocenters. The summed E-state index contributed by atoms with van der Waals surface area (Å²) in [4.78, 5) is 13.7. The van der Waals surface area contributed by atoms with Gasteiger partial charge in [0.15, 0.2) is 11.6 Å². The average molecular weight is 256 g/mol. The van der Waals surface area contributed by atoms with Crippen molar-refractivity contribution in [2.75, 3.05) is 26.3 Å². The molecular weight excluding hydrogens is 242 g/mol. The van der Waals surface area contributed by atoms with Gasteiger partial charge in [-0.15, -0.1) is 0 Å². The third-order valence-corrected chi connectivity index (χ3v) is 2.93. The van der Waals surface area contributed by atoms with Crippen LogP contribution in [0.25, 0.3) is 0 Å². The molecule has 1 fully saturated rings. The van der Waals surface area contributed by atoms with Crippen LogP contribution in [0.4, 0.5) is 8.78 Å². The van der Waals surface area contributed by atoms with E-state index in [1.54, 1.807) is 0 Å². The summed E-state index contributed by atoms with van der Waals surface area (Å²) in [7, 11) is 0. The van der Waals surface area contributed by atoms with E-state index in [1.165, 1.54) is 11.0 Å². The predicted octanol–water partition coefficient (Wildman–Crippen LogP) is 0.764. The molecule has 2 N–H and O–H groups in total. The highest BCUT2D eigenvalue weighted by Gasteiger charge is 2.27. The number of benzene rings is 1. The van der Waals surface area contributed by atoms with Gasteiger partial charge in [0.2, 0.25) is 0 Å². The summed E-state index contributed by atoms with van der Waals surface area (Å²) >= 11 is 0. The van der Waals surface area contributed by atoms with Crippen molar-refractivity contribution in [1.82, 2.24) is 4.90 Å². The minimum atomic E-state index is -1.03. The summed E-state index contributed by atoms with van der Waals surface area (Å²) in [6.07, 6.45) is 0. The number of carbonyl (C=O) groups excluding carboxylic acids is 1. The van der Waals surface area contributed by atoms with E-state index >= 15 is 0 Å². The molecule has 0 radical (unpaired) electrons. The van der Waals surface area contributed by atoms with Gasteiger partial charge in [0.1, 0.15) is 0 Å². The number of hydrogen-bond donors (Lipinski definition) is 1. The lowest BCUT2D eigenvalue weighted by molar-refractivity contribution is 0.000813. The van der Waals surface area contributed by atoms with E-state index in [4.69, 9.17) is 10.5 Å². The molecular formula is C12H14F2N2O2. The van der Waals surface area contributed by atoms with E-state index in [0.29, 0.717) is 19.8 Å². The van der Waals surface area contributed by atoms with Crippen molar-refractivity contribution >= 4 is 5.91 Å². The topological polar surface area (TPSA) is 55.6 Å². The summed E-state index contributed by atoms with van der Waals surface area (Å²) in [5, 5.41) is 0. The molecule has 18 heavy (non-hydrogen) atoms.